The molecule has 1 aliphatic rings. The number of carbonyl (C=O) groups excluding carboxylic acids is 1. The summed E-state index contributed by atoms with van der Waals surface area (Å²) in [6.45, 7) is 4.55. The molecule has 1 fully saturated rings. The van der Waals surface area contributed by atoms with Gasteiger partial charge in [0.15, 0.2) is 0 Å². The average Bonchev–Trinajstić information content (AvgIpc) is 2.43. The highest BCUT2D eigenvalue weighted by Crippen LogP contribution is 2.22. The molecule has 2 rings (SSSR count). The minimum atomic E-state index is -3.59. The zero-order valence-electron chi connectivity index (χ0n) is 12.2. The molecular weight excluding hydrogens is 292 g/mol. The fraction of sp³-hybridized carbons (Fsp3) is 0.500. The summed E-state index contributed by atoms with van der Waals surface area (Å²) < 4.78 is 32.7. The largest absolute Gasteiger partial charge is 0.494 e. The Morgan fingerprint density at radius 2 is 2.19 bits per heavy atom. The van der Waals surface area contributed by atoms with Gasteiger partial charge in [-0.15, -0.1) is 0 Å². The van der Waals surface area contributed by atoms with Gasteiger partial charge in [-0.2, -0.15) is 0 Å². The maximum absolute atomic E-state index is 12.3. The molecule has 1 aliphatic heterocycles. The summed E-state index contributed by atoms with van der Waals surface area (Å²) in [5.74, 6) is 0.642. The van der Waals surface area contributed by atoms with E-state index in [-0.39, 0.29) is 16.8 Å². The summed E-state index contributed by atoms with van der Waals surface area (Å²) >= 11 is 0. The molecule has 1 atom stereocenters. The number of aryl methyl sites for hydroxylation is 1. The maximum Gasteiger partial charge on any atom is 0.240 e. The zero-order valence-corrected chi connectivity index (χ0v) is 13.0. The van der Waals surface area contributed by atoms with E-state index in [4.69, 9.17) is 4.74 Å². The average molecular weight is 312 g/mol. The Labute approximate surface area is 124 Å². The smallest absolute Gasteiger partial charge is 0.240 e. The predicted octanol–water partition coefficient (Wildman–Crippen LogP) is 0.951. The topological polar surface area (TPSA) is 84.5 Å². The second kappa shape index (κ2) is 6.44. The number of ether oxygens (including phenoxy) is 1. The molecule has 0 saturated carbocycles. The number of hydrogen-bond donors (Lipinski definition) is 2. The molecular formula is C14H20N2O4S. The summed E-state index contributed by atoms with van der Waals surface area (Å²) in [6.07, 6.45) is 0.858. The number of piperidine rings is 1. The van der Waals surface area contributed by atoms with Crippen LogP contribution in [0.15, 0.2) is 23.1 Å². The van der Waals surface area contributed by atoms with Crippen molar-refractivity contribution in [3.63, 3.8) is 0 Å². The Bertz CT molecular complexity index is 618. The van der Waals surface area contributed by atoms with Gasteiger partial charge in [0.05, 0.1) is 11.5 Å². The van der Waals surface area contributed by atoms with E-state index in [2.05, 4.69) is 10.0 Å². The van der Waals surface area contributed by atoms with E-state index in [9.17, 15) is 13.2 Å². The molecule has 21 heavy (non-hydrogen) atoms. The van der Waals surface area contributed by atoms with E-state index < -0.39 is 10.0 Å². The SMILES string of the molecule is CCOc1ccc(S(=O)(=O)NC2CCC(=O)NC2)cc1C. The van der Waals surface area contributed by atoms with Crippen molar-refractivity contribution in [1.82, 2.24) is 10.0 Å². The lowest BCUT2D eigenvalue weighted by molar-refractivity contribution is -0.122. The first kappa shape index (κ1) is 15.8. The van der Waals surface area contributed by atoms with E-state index >= 15 is 0 Å². The Morgan fingerprint density at radius 1 is 1.43 bits per heavy atom. The normalized spacial score (nSPS) is 19.1. The van der Waals surface area contributed by atoms with Crippen LogP contribution in [0.1, 0.15) is 25.3 Å². The van der Waals surface area contributed by atoms with Gasteiger partial charge in [-0.1, -0.05) is 0 Å². The van der Waals surface area contributed by atoms with Crippen LogP contribution in [-0.2, 0) is 14.8 Å². The zero-order chi connectivity index (χ0) is 15.5. The molecule has 1 aromatic rings. The third-order valence-electron chi connectivity index (χ3n) is 3.34. The Balaban J connectivity index is 2.12. The van der Waals surface area contributed by atoms with Gasteiger partial charge in [0.1, 0.15) is 5.75 Å². The number of hydrogen-bond acceptors (Lipinski definition) is 4. The standard InChI is InChI=1S/C14H20N2O4S/c1-3-20-13-6-5-12(8-10(13)2)21(18,19)16-11-4-7-14(17)15-9-11/h5-6,8,11,16H,3-4,7,9H2,1-2H3,(H,15,17). The molecule has 1 unspecified atom stereocenters. The third-order valence-corrected chi connectivity index (χ3v) is 4.86. The van der Waals surface area contributed by atoms with Crippen LogP contribution in [0.25, 0.3) is 0 Å². The first-order valence-electron chi connectivity index (χ1n) is 6.95. The summed E-state index contributed by atoms with van der Waals surface area (Å²) in [5.41, 5.74) is 0.775. The van der Waals surface area contributed by atoms with E-state index in [1.54, 1.807) is 12.1 Å². The third kappa shape index (κ3) is 3.95. The minimum absolute atomic E-state index is 0.0395. The first-order chi connectivity index (χ1) is 9.92. The van der Waals surface area contributed by atoms with Gasteiger partial charge in [-0.3, -0.25) is 4.79 Å². The van der Waals surface area contributed by atoms with Crippen molar-refractivity contribution in [2.75, 3.05) is 13.2 Å². The molecule has 7 heteroatoms. The van der Waals surface area contributed by atoms with Crippen molar-refractivity contribution in [3.05, 3.63) is 23.8 Å². The summed E-state index contributed by atoms with van der Waals surface area (Å²) in [5, 5.41) is 2.66. The predicted molar refractivity (Wildman–Crippen MR) is 78.7 cm³/mol. The van der Waals surface area contributed by atoms with Crippen LogP contribution in [0.2, 0.25) is 0 Å². The molecule has 1 amide bonds. The maximum atomic E-state index is 12.3. The van der Waals surface area contributed by atoms with Gasteiger partial charge in [-0.05, 0) is 44.0 Å². The van der Waals surface area contributed by atoms with Gasteiger partial charge in [0.2, 0.25) is 15.9 Å². The first-order valence-corrected chi connectivity index (χ1v) is 8.43. The number of nitrogens with one attached hydrogen (secondary N) is 2. The van der Waals surface area contributed by atoms with E-state index in [0.717, 1.165) is 5.56 Å². The second-order valence-corrected chi connectivity index (χ2v) is 6.74. The number of sulfonamides is 1. The highest BCUT2D eigenvalue weighted by Gasteiger charge is 2.24. The van der Waals surface area contributed by atoms with Crippen molar-refractivity contribution in [2.45, 2.75) is 37.6 Å². The van der Waals surface area contributed by atoms with E-state index in [1.807, 2.05) is 13.8 Å². The molecule has 116 valence electrons. The monoisotopic (exact) mass is 312 g/mol. The second-order valence-electron chi connectivity index (χ2n) is 5.02. The molecule has 1 saturated heterocycles. The number of carbonyl (C=O) groups is 1. The molecule has 1 aromatic carbocycles. The van der Waals surface area contributed by atoms with Crippen LogP contribution >= 0.6 is 0 Å². The summed E-state index contributed by atoms with van der Waals surface area (Å²) in [6, 6.07) is 4.52. The molecule has 1 heterocycles. The minimum Gasteiger partial charge on any atom is -0.494 e. The molecule has 0 aromatic heterocycles. The molecule has 2 N–H and O–H groups in total. The van der Waals surface area contributed by atoms with Crippen LogP contribution in [0.4, 0.5) is 0 Å². The van der Waals surface area contributed by atoms with Gasteiger partial charge >= 0.3 is 0 Å². The molecule has 0 radical (unpaired) electrons. The summed E-state index contributed by atoms with van der Waals surface area (Å²) in [7, 11) is -3.59. The fourth-order valence-electron chi connectivity index (χ4n) is 2.23. The number of amides is 1. The van der Waals surface area contributed by atoms with Crippen LogP contribution in [0.3, 0.4) is 0 Å². The number of rotatable bonds is 5. The quantitative estimate of drug-likeness (QED) is 0.848. The molecule has 0 bridgehead atoms. The lowest BCUT2D eigenvalue weighted by atomic mass is 10.1. The van der Waals surface area contributed by atoms with Crippen molar-refractivity contribution in [2.24, 2.45) is 0 Å². The fourth-order valence-corrected chi connectivity index (χ4v) is 3.58. The Morgan fingerprint density at radius 3 is 2.76 bits per heavy atom. The van der Waals surface area contributed by atoms with Crippen LogP contribution < -0.4 is 14.8 Å². The molecule has 0 aliphatic carbocycles. The lowest BCUT2D eigenvalue weighted by Crippen LogP contribution is -2.47. The Kier molecular flexibility index (Phi) is 4.84. The Hall–Kier alpha value is -1.60. The summed E-state index contributed by atoms with van der Waals surface area (Å²) in [4.78, 5) is 11.3. The van der Waals surface area contributed by atoms with Crippen molar-refractivity contribution < 1.29 is 17.9 Å². The van der Waals surface area contributed by atoms with Gasteiger partial charge in [0, 0.05) is 19.0 Å². The van der Waals surface area contributed by atoms with Crippen molar-refractivity contribution >= 4 is 15.9 Å². The van der Waals surface area contributed by atoms with Crippen molar-refractivity contribution in [3.8, 4) is 5.75 Å². The van der Waals surface area contributed by atoms with E-state index in [1.165, 1.54) is 6.07 Å². The lowest BCUT2D eigenvalue weighted by Gasteiger charge is -2.23. The highest BCUT2D eigenvalue weighted by molar-refractivity contribution is 7.89. The van der Waals surface area contributed by atoms with Crippen LogP contribution in [-0.4, -0.2) is 33.5 Å². The van der Waals surface area contributed by atoms with Crippen LogP contribution in [0, 0.1) is 6.92 Å². The van der Waals surface area contributed by atoms with Crippen LogP contribution in [0.5, 0.6) is 5.75 Å². The highest BCUT2D eigenvalue weighted by atomic mass is 32.2. The van der Waals surface area contributed by atoms with E-state index in [0.29, 0.717) is 31.7 Å². The van der Waals surface area contributed by atoms with Gasteiger partial charge in [-0.25, -0.2) is 13.1 Å². The van der Waals surface area contributed by atoms with Gasteiger partial charge in [0.25, 0.3) is 0 Å². The van der Waals surface area contributed by atoms with Crippen molar-refractivity contribution in [1.29, 1.82) is 0 Å². The molecule has 6 nitrogen and oxygen atoms in total. The number of benzene rings is 1. The van der Waals surface area contributed by atoms with Gasteiger partial charge < -0.3 is 10.1 Å². The molecule has 0 spiro atoms.